The zero-order chi connectivity index (χ0) is 21.3. The van der Waals surface area contributed by atoms with Gasteiger partial charge in [-0.25, -0.2) is 4.68 Å². The number of carbonyl (C=O) groups is 2. The zero-order valence-electron chi connectivity index (χ0n) is 17.3. The second kappa shape index (κ2) is 7.99. The van der Waals surface area contributed by atoms with E-state index in [4.69, 9.17) is 0 Å². The monoisotopic (exact) mass is 400 g/mol. The maximum absolute atomic E-state index is 13.0. The Balaban J connectivity index is 1.58. The molecule has 4 rings (SSSR count). The molecule has 0 radical (unpaired) electrons. The molecule has 1 N–H and O–H groups in total. The van der Waals surface area contributed by atoms with Crippen molar-refractivity contribution in [1.29, 1.82) is 0 Å². The Labute approximate surface area is 175 Å². The summed E-state index contributed by atoms with van der Waals surface area (Å²) in [5.74, 6) is -0.252. The number of anilines is 1. The number of rotatable bonds is 4. The predicted octanol–water partition coefficient (Wildman–Crippen LogP) is 4.39. The van der Waals surface area contributed by atoms with E-state index in [2.05, 4.69) is 10.4 Å². The first kappa shape index (κ1) is 19.6. The van der Waals surface area contributed by atoms with Gasteiger partial charge in [0.1, 0.15) is 0 Å². The number of para-hydroxylation sites is 1. The normalized spacial score (nSPS) is 15.0. The lowest BCUT2D eigenvalue weighted by molar-refractivity contribution is -0.129. The van der Waals surface area contributed by atoms with Crippen molar-refractivity contribution in [3.63, 3.8) is 0 Å². The van der Waals surface area contributed by atoms with Crippen LogP contribution in [0.15, 0.2) is 60.8 Å². The maximum atomic E-state index is 13.0. The second-order valence-corrected chi connectivity index (χ2v) is 7.43. The molecule has 1 unspecified atom stereocenters. The molecule has 1 aliphatic heterocycles. The lowest BCUT2D eigenvalue weighted by Crippen LogP contribution is -2.33. The topological polar surface area (TPSA) is 67.2 Å². The third-order valence-electron chi connectivity index (χ3n) is 5.40. The van der Waals surface area contributed by atoms with Gasteiger partial charge >= 0.3 is 0 Å². The van der Waals surface area contributed by atoms with Gasteiger partial charge in [0.15, 0.2) is 0 Å². The smallest absolute Gasteiger partial charge is 0.226 e. The van der Waals surface area contributed by atoms with Crippen LogP contribution in [0.25, 0.3) is 11.8 Å². The lowest BCUT2D eigenvalue weighted by Gasteiger charge is -2.32. The van der Waals surface area contributed by atoms with Gasteiger partial charge in [-0.1, -0.05) is 42.5 Å². The minimum Gasteiger partial charge on any atom is -0.323 e. The van der Waals surface area contributed by atoms with Crippen LogP contribution in [0.1, 0.15) is 41.9 Å². The standard InChI is InChI=1S/C24H24N4O2/c1-16-24(17(2)28(26-16)20-10-5-4-6-11-20)25-23(30)15-22-21-12-8-7-9-19(21)13-14-27(22)18(3)29/h4-14,22H,15H2,1-3H3,(H,25,30). The minimum absolute atomic E-state index is 0.0946. The summed E-state index contributed by atoms with van der Waals surface area (Å²) in [6, 6.07) is 17.3. The SMILES string of the molecule is CC(=O)N1C=Cc2ccccc2C1CC(=O)Nc1c(C)nn(-c2ccccc2)c1C. The number of aromatic nitrogens is 2. The molecule has 0 spiro atoms. The van der Waals surface area contributed by atoms with Crippen LogP contribution in [0.4, 0.5) is 5.69 Å². The van der Waals surface area contributed by atoms with Crippen molar-refractivity contribution in [3.8, 4) is 5.69 Å². The zero-order valence-corrected chi connectivity index (χ0v) is 17.3. The third-order valence-corrected chi connectivity index (χ3v) is 5.40. The summed E-state index contributed by atoms with van der Waals surface area (Å²) in [4.78, 5) is 26.8. The average Bonchev–Trinajstić information content (AvgIpc) is 3.02. The molecule has 152 valence electrons. The molecule has 1 aromatic heterocycles. The highest BCUT2D eigenvalue weighted by Gasteiger charge is 2.28. The highest BCUT2D eigenvalue weighted by molar-refractivity contribution is 5.93. The van der Waals surface area contributed by atoms with Crippen molar-refractivity contribution in [1.82, 2.24) is 14.7 Å². The van der Waals surface area contributed by atoms with Crippen molar-refractivity contribution >= 4 is 23.6 Å². The molecule has 0 bridgehead atoms. The molecule has 0 saturated heterocycles. The molecular weight excluding hydrogens is 376 g/mol. The Morgan fingerprint density at radius 1 is 1.03 bits per heavy atom. The summed E-state index contributed by atoms with van der Waals surface area (Å²) in [6.45, 7) is 5.33. The Kier molecular flexibility index (Phi) is 5.23. The van der Waals surface area contributed by atoms with E-state index in [0.717, 1.165) is 28.2 Å². The molecule has 1 atom stereocenters. The highest BCUT2D eigenvalue weighted by Crippen LogP contribution is 2.33. The largest absolute Gasteiger partial charge is 0.323 e. The van der Waals surface area contributed by atoms with Gasteiger partial charge in [0.05, 0.1) is 35.2 Å². The summed E-state index contributed by atoms with van der Waals surface area (Å²) in [6.07, 6.45) is 3.83. The second-order valence-electron chi connectivity index (χ2n) is 7.43. The number of fused-ring (bicyclic) bond motifs is 1. The molecule has 3 aromatic rings. The van der Waals surface area contributed by atoms with Crippen molar-refractivity contribution in [3.05, 3.63) is 83.3 Å². The first-order valence-corrected chi connectivity index (χ1v) is 9.93. The molecule has 6 nitrogen and oxygen atoms in total. The van der Waals surface area contributed by atoms with E-state index in [1.165, 1.54) is 6.92 Å². The molecule has 30 heavy (non-hydrogen) atoms. The number of carbonyl (C=O) groups excluding carboxylic acids is 2. The van der Waals surface area contributed by atoms with Crippen molar-refractivity contribution in [2.75, 3.05) is 5.32 Å². The van der Waals surface area contributed by atoms with Gasteiger partial charge in [0.25, 0.3) is 0 Å². The maximum Gasteiger partial charge on any atom is 0.226 e. The number of benzene rings is 2. The van der Waals surface area contributed by atoms with Crippen molar-refractivity contribution < 1.29 is 9.59 Å². The number of hydrogen-bond acceptors (Lipinski definition) is 3. The number of nitrogens with one attached hydrogen (secondary N) is 1. The quantitative estimate of drug-likeness (QED) is 0.706. The van der Waals surface area contributed by atoms with Gasteiger partial charge in [-0.15, -0.1) is 0 Å². The van der Waals surface area contributed by atoms with Crippen LogP contribution in [-0.2, 0) is 9.59 Å². The van der Waals surface area contributed by atoms with Crippen molar-refractivity contribution in [2.24, 2.45) is 0 Å². The summed E-state index contributed by atoms with van der Waals surface area (Å²) >= 11 is 0. The van der Waals surface area contributed by atoms with E-state index in [9.17, 15) is 9.59 Å². The van der Waals surface area contributed by atoms with Gasteiger partial charge in [-0.3, -0.25) is 9.59 Å². The van der Waals surface area contributed by atoms with Crippen LogP contribution in [0.3, 0.4) is 0 Å². The van der Waals surface area contributed by atoms with Crippen LogP contribution in [-0.4, -0.2) is 26.5 Å². The van der Waals surface area contributed by atoms with Gasteiger partial charge < -0.3 is 10.2 Å². The van der Waals surface area contributed by atoms with E-state index in [1.54, 1.807) is 11.1 Å². The summed E-state index contributed by atoms with van der Waals surface area (Å²) in [5.41, 5.74) is 5.25. The molecule has 6 heteroatoms. The van der Waals surface area contributed by atoms with E-state index < -0.39 is 0 Å². The fourth-order valence-electron chi connectivity index (χ4n) is 3.92. The minimum atomic E-state index is -0.339. The van der Waals surface area contributed by atoms with E-state index in [1.807, 2.05) is 79.2 Å². The number of aryl methyl sites for hydroxylation is 1. The predicted molar refractivity (Wildman–Crippen MR) is 117 cm³/mol. The van der Waals surface area contributed by atoms with Gasteiger partial charge in [-0.05, 0) is 43.2 Å². The Bertz CT molecular complexity index is 1130. The summed E-state index contributed by atoms with van der Waals surface area (Å²) in [7, 11) is 0. The number of hydrogen-bond donors (Lipinski definition) is 1. The summed E-state index contributed by atoms with van der Waals surface area (Å²) < 4.78 is 1.82. The van der Waals surface area contributed by atoms with Crippen LogP contribution in [0, 0.1) is 13.8 Å². The first-order valence-electron chi connectivity index (χ1n) is 9.93. The van der Waals surface area contributed by atoms with E-state index in [-0.39, 0.29) is 24.3 Å². The highest BCUT2D eigenvalue weighted by atomic mass is 16.2. The number of amides is 2. The molecule has 2 heterocycles. The Morgan fingerprint density at radius 3 is 2.47 bits per heavy atom. The fourth-order valence-corrected chi connectivity index (χ4v) is 3.92. The van der Waals surface area contributed by atoms with Gasteiger partial charge in [0, 0.05) is 13.1 Å². The van der Waals surface area contributed by atoms with Crippen LogP contribution >= 0.6 is 0 Å². The lowest BCUT2D eigenvalue weighted by atomic mass is 9.93. The molecule has 0 saturated carbocycles. The van der Waals surface area contributed by atoms with E-state index >= 15 is 0 Å². The molecule has 0 aliphatic carbocycles. The van der Waals surface area contributed by atoms with Crippen molar-refractivity contribution in [2.45, 2.75) is 33.2 Å². The fraction of sp³-hybridized carbons (Fsp3) is 0.208. The van der Waals surface area contributed by atoms with Crippen LogP contribution in [0.5, 0.6) is 0 Å². The molecule has 0 fully saturated rings. The molecule has 1 aliphatic rings. The van der Waals surface area contributed by atoms with Crippen LogP contribution < -0.4 is 5.32 Å². The average molecular weight is 400 g/mol. The molecular formula is C24H24N4O2. The Morgan fingerprint density at radius 2 is 1.73 bits per heavy atom. The van der Waals surface area contributed by atoms with Crippen LogP contribution in [0.2, 0.25) is 0 Å². The third kappa shape index (κ3) is 3.64. The van der Waals surface area contributed by atoms with E-state index in [0.29, 0.717) is 5.69 Å². The van der Waals surface area contributed by atoms with Gasteiger partial charge in [-0.2, -0.15) is 5.10 Å². The van der Waals surface area contributed by atoms with Gasteiger partial charge in [0.2, 0.25) is 11.8 Å². The Hall–Kier alpha value is -3.67. The first-order chi connectivity index (χ1) is 14.5. The number of nitrogens with zero attached hydrogens (tertiary/aromatic N) is 3. The summed E-state index contributed by atoms with van der Waals surface area (Å²) in [5, 5.41) is 7.61. The molecule has 2 amide bonds. The molecule has 2 aromatic carbocycles.